The minimum Gasteiger partial charge on any atom is -0.338 e. The van der Waals surface area contributed by atoms with Gasteiger partial charge in [0, 0.05) is 47.7 Å². The third-order valence-corrected chi connectivity index (χ3v) is 2.72. The topological polar surface area (TPSA) is 105 Å². The molecule has 0 saturated heterocycles. The van der Waals surface area contributed by atoms with Gasteiger partial charge >= 0.3 is 0 Å². The van der Waals surface area contributed by atoms with Gasteiger partial charge in [-0.3, -0.25) is 20.5 Å². The van der Waals surface area contributed by atoms with Crippen LogP contribution in [-0.2, 0) is 0 Å². The standard InChI is InChI=1S/C15H11N3.H4NO2P/c1-4-12(10-16-7-1)14-6-3-9-18-15(14)13-5-2-8-17-11-13;1-4(2)3/h1-11H;2-3H,1H2. The maximum atomic E-state index is 7.45. The number of hydrogen-bond donors (Lipinski definition) is 3. The molecular formula is C15H15N4O2P. The van der Waals surface area contributed by atoms with Crippen LogP contribution in [0.3, 0.4) is 0 Å². The fourth-order valence-corrected chi connectivity index (χ4v) is 1.89. The summed E-state index contributed by atoms with van der Waals surface area (Å²) >= 11 is 0. The van der Waals surface area contributed by atoms with Crippen LogP contribution in [0.4, 0.5) is 0 Å². The first kappa shape index (κ1) is 16.1. The Morgan fingerprint density at radius 3 is 1.91 bits per heavy atom. The molecule has 22 heavy (non-hydrogen) atoms. The Balaban J connectivity index is 0.000000396. The molecule has 3 heterocycles. The van der Waals surface area contributed by atoms with Gasteiger partial charge < -0.3 is 9.79 Å². The molecule has 0 spiro atoms. The number of nitrogens with two attached hydrogens (primary N) is 1. The minimum absolute atomic E-state index is 0.929. The monoisotopic (exact) mass is 314 g/mol. The van der Waals surface area contributed by atoms with Crippen molar-refractivity contribution in [2.45, 2.75) is 0 Å². The van der Waals surface area contributed by atoms with Crippen molar-refractivity contribution >= 4 is 8.53 Å². The zero-order chi connectivity index (χ0) is 15.8. The lowest BCUT2D eigenvalue weighted by molar-refractivity contribution is 0.485. The first-order valence-corrected chi connectivity index (χ1v) is 7.68. The number of nitrogens with zero attached hydrogens (tertiary/aromatic N) is 3. The number of hydrogen-bond acceptors (Lipinski definition) is 6. The van der Waals surface area contributed by atoms with E-state index in [0.29, 0.717) is 0 Å². The van der Waals surface area contributed by atoms with Gasteiger partial charge in [-0.05, 0) is 24.3 Å². The van der Waals surface area contributed by atoms with Crippen molar-refractivity contribution in [3.63, 3.8) is 0 Å². The van der Waals surface area contributed by atoms with E-state index in [0.717, 1.165) is 22.4 Å². The van der Waals surface area contributed by atoms with Crippen LogP contribution in [0, 0.1) is 0 Å². The Morgan fingerprint density at radius 1 is 0.818 bits per heavy atom. The number of rotatable bonds is 2. The van der Waals surface area contributed by atoms with Gasteiger partial charge in [0.15, 0.2) is 0 Å². The molecule has 3 aromatic heterocycles. The molecule has 3 aromatic rings. The second-order valence-corrected chi connectivity index (χ2v) is 4.84. The highest BCUT2D eigenvalue weighted by molar-refractivity contribution is 7.42. The van der Waals surface area contributed by atoms with Crippen LogP contribution in [-0.4, -0.2) is 24.7 Å². The lowest BCUT2D eigenvalue weighted by Gasteiger charge is -2.07. The largest absolute Gasteiger partial charge is 0.338 e. The summed E-state index contributed by atoms with van der Waals surface area (Å²) in [7, 11) is -2.12. The van der Waals surface area contributed by atoms with E-state index in [4.69, 9.17) is 9.79 Å². The van der Waals surface area contributed by atoms with Crippen molar-refractivity contribution in [2.24, 2.45) is 5.50 Å². The van der Waals surface area contributed by atoms with Crippen molar-refractivity contribution in [1.29, 1.82) is 0 Å². The summed E-state index contributed by atoms with van der Waals surface area (Å²) in [5, 5.41) is 0. The Bertz CT molecular complexity index is 635. The van der Waals surface area contributed by atoms with Crippen LogP contribution >= 0.6 is 8.53 Å². The van der Waals surface area contributed by atoms with Crippen molar-refractivity contribution in [2.75, 3.05) is 0 Å². The smallest absolute Gasteiger partial charge is 0.247 e. The molecule has 0 atom stereocenters. The zero-order valence-electron chi connectivity index (χ0n) is 11.6. The van der Waals surface area contributed by atoms with Crippen LogP contribution in [0.25, 0.3) is 22.4 Å². The first-order valence-electron chi connectivity index (χ1n) is 6.37. The molecule has 3 rings (SSSR count). The molecule has 0 unspecified atom stereocenters. The van der Waals surface area contributed by atoms with Gasteiger partial charge in [-0.2, -0.15) is 0 Å². The Labute approximate surface area is 129 Å². The normalized spacial score (nSPS) is 10.0. The van der Waals surface area contributed by atoms with Gasteiger partial charge in [0.25, 0.3) is 0 Å². The van der Waals surface area contributed by atoms with E-state index in [1.165, 1.54) is 0 Å². The molecule has 0 amide bonds. The molecule has 4 N–H and O–H groups in total. The van der Waals surface area contributed by atoms with Gasteiger partial charge in [0.05, 0.1) is 5.69 Å². The number of aromatic nitrogens is 3. The molecule has 7 heteroatoms. The lowest BCUT2D eigenvalue weighted by Crippen LogP contribution is -1.89. The quantitative estimate of drug-likeness (QED) is 0.627. The average Bonchev–Trinajstić information content (AvgIpc) is 2.56. The summed E-state index contributed by atoms with van der Waals surface area (Å²) in [5.74, 6) is 0. The predicted molar refractivity (Wildman–Crippen MR) is 86.2 cm³/mol. The lowest BCUT2D eigenvalue weighted by atomic mass is 10.0. The Kier molecular flexibility index (Phi) is 6.06. The molecule has 0 aromatic carbocycles. The third-order valence-electron chi connectivity index (χ3n) is 2.72. The average molecular weight is 314 g/mol. The van der Waals surface area contributed by atoms with E-state index in [2.05, 4.69) is 20.5 Å². The molecule has 0 aliphatic rings. The molecule has 0 aliphatic carbocycles. The summed E-state index contributed by atoms with van der Waals surface area (Å²) < 4.78 is 0. The summed E-state index contributed by atoms with van der Waals surface area (Å²) in [5.41, 5.74) is 8.36. The van der Waals surface area contributed by atoms with Crippen molar-refractivity contribution in [3.05, 3.63) is 67.4 Å². The molecule has 6 nitrogen and oxygen atoms in total. The van der Waals surface area contributed by atoms with Gasteiger partial charge in [-0.15, -0.1) is 0 Å². The second-order valence-electron chi connectivity index (χ2n) is 4.20. The van der Waals surface area contributed by atoms with Crippen LogP contribution in [0.2, 0.25) is 0 Å². The summed E-state index contributed by atoms with van der Waals surface area (Å²) in [4.78, 5) is 27.7. The van der Waals surface area contributed by atoms with E-state index >= 15 is 0 Å². The van der Waals surface area contributed by atoms with Gasteiger partial charge in [-0.25, -0.2) is 0 Å². The van der Waals surface area contributed by atoms with Crippen LogP contribution in [0.15, 0.2) is 67.4 Å². The van der Waals surface area contributed by atoms with Crippen molar-refractivity contribution in [3.8, 4) is 22.4 Å². The molecule has 0 saturated carbocycles. The van der Waals surface area contributed by atoms with E-state index in [-0.39, 0.29) is 0 Å². The molecule has 112 valence electrons. The molecule has 0 radical (unpaired) electrons. The Morgan fingerprint density at radius 2 is 1.36 bits per heavy atom. The van der Waals surface area contributed by atoms with Gasteiger partial charge in [-0.1, -0.05) is 12.1 Å². The third kappa shape index (κ3) is 4.65. The van der Waals surface area contributed by atoms with E-state index < -0.39 is 8.53 Å². The van der Waals surface area contributed by atoms with Gasteiger partial charge in [0.2, 0.25) is 8.53 Å². The fraction of sp³-hybridized carbons (Fsp3) is 0. The summed E-state index contributed by atoms with van der Waals surface area (Å²) in [6.45, 7) is 0. The highest BCUT2D eigenvalue weighted by atomic mass is 31.2. The predicted octanol–water partition coefficient (Wildman–Crippen LogP) is 2.36. The zero-order valence-corrected chi connectivity index (χ0v) is 12.5. The maximum Gasteiger partial charge on any atom is 0.247 e. The van der Waals surface area contributed by atoms with Crippen LogP contribution in [0.1, 0.15) is 0 Å². The minimum atomic E-state index is -2.12. The fourth-order valence-electron chi connectivity index (χ4n) is 1.89. The van der Waals surface area contributed by atoms with Crippen molar-refractivity contribution in [1.82, 2.24) is 15.0 Å². The Hall–Kier alpha value is -2.24. The maximum absolute atomic E-state index is 7.45. The number of pyridine rings is 3. The second kappa shape index (κ2) is 8.26. The van der Waals surface area contributed by atoms with Gasteiger partial charge in [0.1, 0.15) is 0 Å². The highest BCUT2D eigenvalue weighted by Crippen LogP contribution is 2.28. The molecule has 0 bridgehead atoms. The SMILES string of the molecule is NP(O)O.c1cncc(-c2cccnc2-c2cccnc2)c1. The van der Waals surface area contributed by atoms with E-state index in [1.807, 2.05) is 48.8 Å². The van der Waals surface area contributed by atoms with Crippen LogP contribution in [0.5, 0.6) is 0 Å². The first-order chi connectivity index (χ1) is 10.7. The van der Waals surface area contributed by atoms with Crippen LogP contribution < -0.4 is 5.50 Å². The highest BCUT2D eigenvalue weighted by Gasteiger charge is 2.07. The summed E-state index contributed by atoms with van der Waals surface area (Å²) in [6, 6.07) is 11.9. The molecule has 0 aliphatic heterocycles. The van der Waals surface area contributed by atoms with E-state index in [1.54, 1.807) is 18.6 Å². The molecular weight excluding hydrogens is 299 g/mol. The molecule has 0 fully saturated rings. The summed E-state index contributed by atoms with van der Waals surface area (Å²) in [6.07, 6.45) is 8.99. The van der Waals surface area contributed by atoms with E-state index in [9.17, 15) is 0 Å². The van der Waals surface area contributed by atoms with Crippen molar-refractivity contribution < 1.29 is 9.79 Å².